The summed E-state index contributed by atoms with van der Waals surface area (Å²) >= 11 is 12.9. The van der Waals surface area contributed by atoms with Crippen LogP contribution in [0, 0.1) is 5.92 Å². The molecule has 8 heteroatoms. The fourth-order valence-corrected chi connectivity index (χ4v) is 5.34. The Hall–Kier alpha value is -1.08. The highest BCUT2D eigenvalue weighted by molar-refractivity contribution is 6.42. The van der Waals surface area contributed by atoms with Gasteiger partial charge in [0, 0.05) is 45.3 Å². The SMILES string of the molecule is O=C(NC1CCC(CC(c2cccc(Cl)c2Cl)N2CCNCC2)CC1F)N1CCC1. The number of hydrogen-bond donors (Lipinski definition) is 2. The van der Waals surface area contributed by atoms with Crippen molar-refractivity contribution in [3.05, 3.63) is 33.8 Å². The van der Waals surface area contributed by atoms with Crippen LogP contribution < -0.4 is 10.6 Å². The topological polar surface area (TPSA) is 47.6 Å². The Morgan fingerprint density at radius 2 is 1.97 bits per heavy atom. The average molecular weight is 457 g/mol. The maximum absolute atomic E-state index is 15.0. The van der Waals surface area contributed by atoms with Gasteiger partial charge in [0.1, 0.15) is 6.17 Å². The van der Waals surface area contributed by atoms with Gasteiger partial charge in [-0.05, 0) is 49.7 Å². The summed E-state index contributed by atoms with van der Waals surface area (Å²) in [6.45, 7) is 5.32. The number of hydrogen-bond acceptors (Lipinski definition) is 3. The van der Waals surface area contributed by atoms with Crippen LogP contribution in [0.1, 0.15) is 43.7 Å². The summed E-state index contributed by atoms with van der Waals surface area (Å²) < 4.78 is 15.0. The van der Waals surface area contributed by atoms with Crippen LogP contribution in [0.25, 0.3) is 0 Å². The first-order valence-corrected chi connectivity index (χ1v) is 11.9. The van der Waals surface area contributed by atoms with Gasteiger partial charge in [0.2, 0.25) is 0 Å². The molecule has 0 spiro atoms. The van der Waals surface area contributed by atoms with Crippen LogP contribution in [-0.4, -0.2) is 67.3 Å². The maximum Gasteiger partial charge on any atom is 0.317 e. The van der Waals surface area contributed by atoms with Crippen molar-refractivity contribution in [2.75, 3.05) is 39.3 Å². The predicted octanol–water partition coefficient (Wildman–Crippen LogP) is 4.25. The number of carbonyl (C=O) groups excluding carboxylic acids is 1. The molecule has 2 aliphatic heterocycles. The normalized spacial score (nSPS) is 28.6. The third-order valence-corrected chi connectivity index (χ3v) is 7.66. The molecule has 30 heavy (non-hydrogen) atoms. The predicted molar refractivity (Wildman–Crippen MR) is 119 cm³/mol. The summed E-state index contributed by atoms with van der Waals surface area (Å²) in [6.07, 6.45) is 2.96. The highest BCUT2D eigenvalue weighted by atomic mass is 35.5. The van der Waals surface area contributed by atoms with E-state index in [0.717, 1.165) is 64.1 Å². The first-order valence-electron chi connectivity index (χ1n) is 11.1. The molecule has 3 aliphatic rings. The summed E-state index contributed by atoms with van der Waals surface area (Å²) in [6, 6.07) is 5.44. The molecule has 1 aromatic carbocycles. The van der Waals surface area contributed by atoms with Gasteiger partial charge in [-0.15, -0.1) is 0 Å². The van der Waals surface area contributed by atoms with Crippen LogP contribution in [0.2, 0.25) is 10.0 Å². The number of halogens is 3. The molecule has 2 heterocycles. The highest BCUT2D eigenvalue weighted by Crippen LogP contribution is 2.40. The van der Waals surface area contributed by atoms with Gasteiger partial charge in [0.15, 0.2) is 0 Å². The molecule has 4 unspecified atom stereocenters. The van der Waals surface area contributed by atoms with Crippen molar-refractivity contribution in [1.29, 1.82) is 0 Å². The Morgan fingerprint density at radius 1 is 1.20 bits per heavy atom. The number of alkyl halides is 1. The van der Waals surface area contributed by atoms with E-state index >= 15 is 0 Å². The second-order valence-corrected chi connectivity index (χ2v) is 9.56. The van der Waals surface area contributed by atoms with Gasteiger partial charge >= 0.3 is 6.03 Å². The van der Waals surface area contributed by atoms with E-state index in [1.807, 2.05) is 18.2 Å². The zero-order chi connectivity index (χ0) is 21.1. The molecule has 4 rings (SSSR count). The van der Waals surface area contributed by atoms with Crippen LogP contribution >= 0.6 is 23.2 Å². The minimum absolute atomic E-state index is 0.114. The summed E-state index contributed by atoms with van der Waals surface area (Å²) in [5.41, 5.74) is 1.04. The number of urea groups is 1. The van der Waals surface area contributed by atoms with Crippen molar-refractivity contribution < 1.29 is 9.18 Å². The molecule has 0 bridgehead atoms. The molecule has 166 valence electrons. The summed E-state index contributed by atoms with van der Waals surface area (Å²) in [4.78, 5) is 16.4. The van der Waals surface area contributed by atoms with Crippen LogP contribution in [0.15, 0.2) is 18.2 Å². The van der Waals surface area contributed by atoms with Gasteiger partial charge in [-0.3, -0.25) is 4.90 Å². The van der Waals surface area contributed by atoms with Gasteiger partial charge < -0.3 is 15.5 Å². The van der Waals surface area contributed by atoms with Crippen molar-refractivity contribution in [2.45, 2.75) is 50.4 Å². The smallest absolute Gasteiger partial charge is 0.317 e. The first kappa shape index (κ1) is 22.1. The van der Waals surface area contributed by atoms with Gasteiger partial charge in [-0.2, -0.15) is 0 Å². The Morgan fingerprint density at radius 3 is 2.63 bits per heavy atom. The van der Waals surface area contributed by atoms with Crippen molar-refractivity contribution >= 4 is 29.2 Å². The van der Waals surface area contributed by atoms with E-state index in [0.29, 0.717) is 22.9 Å². The van der Waals surface area contributed by atoms with E-state index in [-0.39, 0.29) is 24.0 Å². The third kappa shape index (κ3) is 5.04. The van der Waals surface area contributed by atoms with E-state index in [9.17, 15) is 9.18 Å². The van der Waals surface area contributed by atoms with E-state index < -0.39 is 6.17 Å². The molecule has 0 aromatic heterocycles. The summed E-state index contributed by atoms with van der Waals surface area (Å²) in [7, 11) is 0. The molecule has 2 amide bonds. The molecule has 2 N–H and O–H groups in total. The third-order valence-electron chi connectivity index (χ3n) is 6.82. The van der Waals surface area contributed by atoms with Gasteiger partial charge in [0.25, 0.3) is 0 Å². The standard InChI is InChI=1S/C22H31Cl2FN4O/c23-17-4-1-3-16(21(17)24)20(28-11-7-26-8-12-28)14-15-5-6-19(18(25)13-15)27-22(30)29-9-2-10-29/h1,3-4,15,18-20,26H,2,5-14H2,(H,27,30). The average Bonchev–Trinajstić information content (AvgIpc) is 2.70. The maximum atomic E-state index is 15.0. The molecule has 2 saturated heterocycles. The minimum atomic E-state index is -1.01. The Kier molecular flexibility index (Phi) is 7.40. The highest BCUT2D eigenvalue weighted by Gasteiger charge is 2.36. The number of likely N-dealkylation sites (tertiary alicyclic amines) is 1. The molecule has 5 nitrogen and oxygen atoms in total. The number of amides is 2. The van der Waals surface area contributed by atoms with Gasteiger partial charge in [-0.1, -0.05) is 35.3 Å². The van der Waals surface area contributed by atoms with E-state index in [2.05, 4.69) is 15.5 Å². The molecular formula is C22H31Cl2FN4O. The molecule has 4 atom stereocenters. The zero-order valence-corrected chi connectivity index (χ0v) is 18.8. The van der Waals surface area contributed by atoms with Crippen molar-refractivity contribution in [2.24, 2.45) is 5.92 Å². The lowest BCUT2D eigenvalue weighted by Gasteiger charge is -2.40. The second kappa shape index (κ2) is 10.0. The molecular weight excluding hydrogens is 426 g/mol. The molecule has 1 aliphatic carbocycles. The molecule has 1 saturated carbocycles. The van der Waals surface area contributed by atoms with E-state index in [1.54, 1.807) is 4.90 Å². The van der Waals surface area contributed by atoms with Crippen LogP contribution in [0.4, 0.5) is 9.18 Å². The molecule has 3 fully saturated rings. The number of nitrogens with zero attached hydrogens (tertiary/aromatic N) is 2. The number of nitrogens with one attached hydrogen (secondary N) is 2. The monoisotopic (exact) mass is 456 g/mol. The Bertz CT molecular complexity index is 742. The van der Waals surface area contributed by atoms with E-state index in [4.69, 9.17) is 23.2 Å². The Labute approximate surface area is 188 Å². The first-order chi connectivity index (χ1) is 14.5. The van der Waals surface area contributed by atoms with E-state index in [1.165, 1.54) is 0 Å². The molecule has 0 radical (unpaired) electrons. The largest absolute Gasteiger partial charge is 0.332 e. The van der Waals surface area contributed by atoms with Crippen LogP contribution in [-0.2, 0) is 0 Å². The van der Waals surface area contributed by atoms with Gasteiger partial charge in [-0.25, -0.2) is 9.18 Å². The lowest BCUT2D eigenvalue weighted by molar-refractivity contribution is 0.0982. The van der Waals surface area contributed by atoms with Gasteiger partial charge in [0.05, 0.1) is 16.1 Å². The van der Waals surface area contributed by atoms with Crippen molar-refractivity contribution in [1.82, 2.24) is 20.4 Å². The minimum Gasteiger partial charge on any atom is -0.332 e. The van der Waals surface area contributed by atoms with Crippen LogP contribution in [0.5, 0.6) is 0 Å². The number of piperazine rings is 1. The van der Waals surface area contributed by atoms with Crippen LogP contribution in [0.3, 0.4) is 0 Å². The molecule has 1 aromatic rings. The number of benzene rings is 1. The number of carbonyl (C=O) groups is 1. The number of rotatable bonds is 5. The zero-order valence-electron chi connectivity index (χ0n) is 17.3. The summed E-state index contributed by atoms with van der Waals surface area (Å²) in [5, 5.41) is 7.48. The lowest BCUT2D eigenvalue weighted by atomic mass is 9.79. The quantitative estimate of drug-likeness (QED) is 0.695. The lowest BCUT2D eigenvalue weighted by Crippen LogP contribution is -2.54. The van der Waals surface area contributed by atoms with Crippen molar-refractivity contribution in [3.8, 4) is 0 Å². The fraction of sp³-hybridized carbons (Fsp3) is 0.682. The summed E-state index contributed by atoms with van der Waals surface area (Å²) in [5.74, 6) is 0.257. The fourth-order valence-electron chi connectivity index (χ4n) is 4.90. The second-order valence-electron chi connectivity index (χ2n) is 8.77. The van der Waals surface area contributed by atoms with Crippen molar-refractivity contribution in [3.63, 3.8) is 0 Å². The Balaban J connectivity index is 1.41.